The van der Waals surface area contributed by atoms with Gasteiger partial charge in [0, 0.05) is 0 Å². The molecule has 32 valence electrons. The quantitative estimate of drug-likeness (QED) is 0.269. The number of rotatable bonds is 0. The van der Waals surface area contributed by atoms with Gasteiger partial charge in [0.05, 0.1) is 0 Å². The second-order valence-electron chi connectivity index (χ2n) is 0. The van der Waals surface area contributed by atoms with Crippen LogP contribution in [0.4, 0.5) is 0 Å². The van der Waals surface area contributed by atoms with E-state index in [0.717, 1.165) is 0 Å². The number of hydrogen-bond donors (Lipinski definition) is 0. The molecule has 0 spiro atoms. The number of hydrogen-bond acceptors (Lipinski definition) is 0. The predicted molar refractivity (Wildman–Crippen MR) is 7.81 cm³/mol. The first-order valence-corrected chi connectivity index (χ1v) is 0. The topological polar surface area (TPSA) is 85.5 Å². The summed E-state index contributed by atoms with van der Waals surface area (Å²) in [5, 5.41) is 0. The largest absolute Gasteiger partial charge is 3.00 e. The van der Waals surface area contributed by atoms with E-state index in [1.807, 2.05) is 0 Å². The molecule has 0 amide bonds. The van der Waals surface area contributed by atoms with Crippen molar-refractivity contribution >= 4 is 26.2 Å². The van der Waals surface area contributed by atoms with E-state index in [4.69, 9.17) is 0 Å². The van der Waals surface area contributed by atoms with Gasteiger partial charge in [0.15, 0.2) is 0 Å². The van der Waals surface area contributed by atoms with Crippen molar-refractivity contribution in [2.45, 2.75) is 0 Å². The molecule has 0 aromatic carbocycles. The van der Waals surface area contributed by atoms with Crippen LogP contribution in [0.1, 0.15) is 0 Å². The zero-order valence-corrected chi connectivity index (χ0v) is 11.4. The summed E-state index contributed by atoms with van der Waals surface area (Å²) < 4.78 is 0. The molecule has 0 aromatic rings. The van der Waals surface area contributed by atoms with Gasteiger partial charge in [-0.2, -0.15) is 0 Å². The van der Waals surface area contributed by atoms with E-state index >= 15 is 0 Å². The Kier molecular flexibility index (Phi) is 909. The van der Waals surface area contributed by atoms with Gasteiger partial charge in [0.25, 0.3) is 0 Å². The molecule has 0 aliphatic carbocycles. The molecule has 0 saturated carbocycles. The van der Waals surface area contributed by atoms with E-state index in [1.165, 1.54) is 0 Å². The molecule has 0 saturated heterocycles. The molecule has 0 fully saturated rings. The Hall–Kier alpha value is 2.12. The fourth-order valence-corrected chi connectivity index (χ4v) is 0. The van der Waals surface area contributed by atoms with Gasteiger partial charge in [-0.15, -0.1) is 0 Å². The first kappa shape index (κ1) is 91.8. The molecule has 6 heteroatoms. The summed E-state index contributed by atoms with van der Waals surface area (Å²) in [6.45, 7) is 0. The molecule has 3 nitrogen and oxygen atoms in total. The fourth-order valence-electron chi connectivity index (χ4n) is 0. The minimum Gasteiger partial charge on any atom is -2.00 e. The molecule has 0 rings (SSSR count). The first-order chi connectivity index (χ1) is 0. The summed E-state index contributed by atoms with van der Waals surface area (Å²) in [6.07, 6.45) is 0. The van der Waals surface area contributed by atoms with Crippen molar-refractivity contribution in [3.63, 3.8) is 0 Å². The standard InChI is InChI=1S/Bi.I.3O.Zn/q+3;+1;3*-2;+2. The molecule has 0 aliphatic rings. The van der Waals surface area contributed by atoms with Crippen molar-refractivity contribution in [2.75, 3.05) is 0 Å². The molecule has 0 aliphatic heterocycles. The molecule has 0 aromatic heterocycles. The summed E-state index contributed by atoms with van der Waals surface area (Å²) in [7, 11) is 0. The third-order valence-corrected chi connectivity index (χ3v) is 0. The van der Waals surface area contributed by atoms with Crippen molar-refractivity contribution in [3.8, 4) is 0 Å². The van der Waals surface area contributed by atoms with Crippen LogP contribution >= 0.6 is 0 Å². The Morgan fingerprint density at radius 1 is 0.667 bits per heavy atom. The van der Waals surface area contributed by atoms with Crippen LogP contribution in [0.5, 0.6) is 0 Å². The molecule has 0 N–H and O–H groups in total. The monoisotopic (exact) mass is 448 g/mol. The fraction of sp³-hybridized carbons (Fsp3) is 0. The number of halogens is 1. The molecule has 0 unspecified atom stereocenters. The Balaban J connectivity index is 0. The predicted octanol–water partition coefficient (Wildman–Crippen LogP) is -3.74. The van der Waals surface area contributed by atoms with Crippen molar-refractivity contribution in [3.05, 3.63) is 0 Å². The van der Waals surface area contributed by atoms with Crippen molar-refractivity contribution < 1.29 is 59.9 Å². The zero-order chi connectivity index (χ0) is 0. The summed E-state index contributed by atoms with van der Waals surface area (Å²) >= 11 is 0. The summed E-state index contributed by atoms with van der Waals surface area (Å²) in [5.41, 5.74) is 0. The maximum atomic E-state index is 0. The van der Waals surface area contributed by atoms with Gasteiger partial charge >= 0.3 is 69.7 Å². The molecule has 6 heavy (non-hydrogen) atoms. The molecule has 0 heterocycles. The van der Waals surface area contributed by atoms with Crippen LogP contribution in [-0.2, 0) is 35.9 Å². The Bertz CT molecular complexity index is 10.8. The molecule has 0 atom stereocenters. The van der Waals surface area contributed by atoms with E-state index in [2.05, 4.69) is 0 Å². The van der Waals surface area contributed by atoms with Gasteiger partial charge in [0.2, 0.25) is 0 Å². The first-order valence-electron chi connectivity index (χ1n) is 0. The average Bonchev–Trinajstić information content (AvgIpc) is 0. The van der Waals surface area contributed by atoms with E-state index in [0.29, 0.717) is 0 Å². The van der Waals surface area contributed by atoms with Gasteiger partial charge in [-0.25, -0.2) is 0 Å². The maximum absolute atomic E-state index is 0. The second kappa shape index (κ2) is 59.4. The molecular weight excluding hydrogens is 449 g/mol. The summed E-state index contributed by atoms with van der Waals surface area (Å²) in [6, 6.07) is 0. The Labute approximate surface area is 85.1 Å². The molecule has 4 radical (unpaired) electrons. The summed E-state index contributed by atoms with van der Waals surface area (Å²) in [4.78, 5) is 0. The zero-order valence-electron chi connectivity index (χ0n) is 2.76. The third kappa shape index (κ3) is 35.7. The minimum absolute atomic E-state index is 0. The van der Waals surface area contributed by atoms with Crippen molar-refractivity contribution in [1.29, 1.82) is 0 Å². The minimum atomic E-state index is 0. The average molecular weight is 449 g/mol. The molecular formula is BiIO3Zn. The smallest absolute Gasteiger partial charge is 2.00 e. The Morgan fingerprint density at radius 3 is 0.667 bits per heavy atom. The SMILES string of the molecule is [Bi+3].[I+].[O-2].[O-2].[O-2].[Zn+2]. The van der Waals surface area contributed by atoms with Gasteiger partial charge in [-0.1, -0.05) is 0 Å². The van der Waals surface area contributed by atoms with Crippen LogP contribution in [0, 0.1) is 0 Å². The third-order valence-electron chi connectivity index (χ3n) is 0. The second-order valence-corrected chi connectivity index (χ2v) is 0. The van der Waals surface area contributed by atoms with Gasteiger partial charge < -0.3 is 16.4 Å². The van der Waals surface area contributed by atoms with Crippen LogP contribution in [0.3, 0.4) is 0 Å². The van der Waals surface area contributed by atoms with Gasteiger partial charge in [-0.05, 0) is 0 Å². The normalized spacial score (nSPS) is 0. The van der Waals surface area contributed by atoms with Crippen LogP contribution < -0.4 is 24.0 Å². The van der Waals surface area contributed by atoms with Crippen LogP contribution in [0.25, 0.3) is 0 Å². The van der Waals surface area contributed by atoms with Crippen LogP contribution in [0.15, 0.2) is 0 Å². The van der Waals surface area contributed by atoms with E-state index in [-0.39, 0.29) is 86.1 Å². The van der Waals surface area contributed by atoms with Crippen molar-refractivity contribution in [1.82, 2.24) is 0 Å². The summed E-state index contributed by atoms with van der Waals surface area (Å²) in [5.74, 6) is 0. The van der Waals surface area contributed by atoms with E-state index in [9.17, 15) is 0 Å². The van der Waals surface area contributed by atoms with Crippen LogP contribution in [0.2, 0.25) is 0 Å². The van der Waals surface area contributed by atoms with E-state index < -0.39 is 0 Å². The Morgan fingerprint density at radius 2 is 0.667 bits per heavy atom. The van der Waals surface area contributed by atoms with E-state index in [1.54, 1.807) is 0 Å². The van der Waals surface area contributed by atoms with Gasteiger partial charge in [0.1, 0.15) is 0 Å². The van der Waals surface area contributed by atoms with Crippen molar-refractivity contribution in [2.24, 2.45) is 0 Å². The molecule has 0 bridgehead atoms. The van der Waals surface area contributed by atoms with Crippen LogP contribution in [-0.4, -0.2) is 26.2 Å². The van der Waals surface area contributed by atoms with Gasteiger partial charge in [-0.3, -0.25) is 0 Å². The maximum Gasteiger partial charge on any atom is 3.00 e.